The number of rotatable bonds is 24. The molecule has 0 atom stereocenters. The molecule has 0 fully saturated rings. The van der Waals surface area contributed by atoms with Crippen LogP contribution in [-0.4, -0.2) is 52.9 Å². The van der Waals surface area contributed by atoms with Crippen molar-refractivity contribution in [1.82, 2.24) is 0 Å². The molecule has 0 radical (unpaired) electrons. The Labute approximate surface area is 292 Å². The first-order valence-electron chi connectivity index (χ1n) is 19.1. The first-order chi connectivity index (χ1) is 21.5. The molecule has 4 nitrogen and oxygen atoms in total. The van der Waals surface area contributed by atoms with Crippen molar-refractivity contribution in [3.05, 3.63) is 24.3 Å². The molecular weight excluding hydrogens is 568 g/mol. The Morgan fingerprint density at radius 3 is 0.848 bits per heavy atom. The van der Waals surface area contributed by atoms with E-state index in [9.17, 15) is 0 Å². The standard InChI is InChI=1S/2C11H22O.2C10H22O/c2*1-10(2)7-5-6-8-12-9-11(3)4;2*1-9(2)6-5-7-11-8-10(3)4/h2*5-6,10-11H,7-9H2,1-4H3;2*9-10H,5-8H2,1-4H3. The van der Waals surface area contributed by atoms with Gasteiger partial charge in [0.2, 0.25) is 0 Å². The van der Waals surface area contributed by atoms with Gasteiger partial charge >= 0.3 is 0 Å². The van der Waals surface area contributed by atoms with Gasteiger partial charge in [0.25, 0.3) is 0 Å². The van der Waals surface area contributed by atoms with Gasteiger partial charge in [0.1, 0.15) is 0 Å². The summed E-state index contributed by atoms with van der Waals surface area (Å²) in [5.74, 6) is 5.78. The van der Waals surface area contributed by atoms with E-state index in [2.05, 4.69) is 135 Å². The van der Waals surface area contributed by atoms with Gasteiger partial charge in [0, 0.05) is 39.6 Å². The lowest BCUT2D eigenvalue weighted by Gasteiger charge is -2.07. The van der Waals surface area contributed by atoms with Gasteiger partial charge in [0.05, 0.1) is 13.2 Å². The molecule has 0 aromatic carbocycles. The molecule has 280 valence electrons. The first kappa shape index (κ1) is 52.1. The Kier molecular flexibility index (Phi) is 45.9. The van der Waals surface area contributed by atoms with Gasteiger partial charge in [-0.3, -0.25) is 0 Å². The minimum absolute atomic E-state index is 0.642. The van der Waals surface area contributed by atoms with Gasteiger partial charge in [0.15, 0.2) is 0 Å². The molecule has 0 aliphatic rings. The highest BCUT2D eigenvalue weighted by Crippen LogP contribution is 2.05. The quantitative estimate of drug-likeness (QED) is 0.0765. The lowest BCUT2D eigenvalue weighted by Crippen LogP contribution is -2.03. The lowest BCUT2D eigenvalue weighted by molar-refractivity contribution is 0.105. The van der Waals surface area contributed by atoms with Crippen LogP contribution < -0.4 is 0 Å². The smallest absolute Gasteiger partial charge is 0.0647 e. The van der Waals surface area contributed by atoms with Crippen molar-refractivity contribution in [2.24, 2.45) is 47.3 Å². The second-order valence-electron chi connectivity index (χ2n) is 16.1. The van der Waals surface area contributed by atoms with Crippen molar-refractivity contribution >= 4 is 0 Å². The van der Waals surface area contributed by atoms with Crippen LogP contribution in [0.15, 0.2) is 24.3 Å². The average molecular weight is 657 g/mol. The van der Waals surface area contributed by atoms with Crippen molar-refractivity contribution in [2.45, 2.75) is 149 Å². The van der Waals surface area contributed by atoms with E-state index in [4.69, 9.17) is 18.9 Å². The predicted octanol–water partition coefficient (Wildman–Crippen LogP) is 12.7. The highest BCUT2D eigenvalue weighted by atomic mass is 16.5. The molecule has 0 bridgehead atoms. The summed E-state index contributed by atoms with van der Waals surface area (Å²) in [6.45, 7) is 42.3. The van der Waals surface area contributed by atoms with Gasteiger partial charge in [-0.1, -0.05) is 135 Å². The molecule has 0 aromatic rings. The van der Waals surface area contributed by atoms with Crippen LogP contribution in [0, 0.1) is 47.3 Å². The molecule has 0 saturated heterocycles. The molecule has 4 heteroatoms. The zero-order valence-corrected chi connectivity index (χ0v) is 34.5. The van der Waals surface area contributed by atoms with E-state index in [1.807, 2.05) is 0 Å². The van der Waals surface area contributed by atoms with Crippen LogP contribution in [-0.2, 0) is 18.9 Å². The molecule has 0 aromatic heterocycles. The minimum Gasteiger partial charge on any atom is -0.381 e. The largest absolute Gasteiger partial charge is 0.381 e. The van der Waals surface area contributed by atoms with E-state index in [1.54, 1.807) is 0 Å². The monoisotopic (exact) mass is 657 g/mol. The topological polar surface area (TPSA) is 36.9 Å². The molecule has 0 aliphatic carbocycles. The van der Waals surface area contributed by atoms with Crippen LogP contribution in [0.25, 0.3) is 0 Å². The van der Waals surface area contributed by atoms with E-state index in [0.717, 1.165) is 89.4 Å². The van der Waals surface area contributed by atoms with Crippen molar-refractivity contribution in [3.8, 4) is 0 Å². The summed E-state index contributed by atoms with van der Waals surface area (Å²) in [7, 11) is 0. The van der Waals surface area contributed by atoms with Crippen molar-refractivity contribution in [3.63, 3.8) is 0 Å². The summed E-state index contributed by atoms with van der Waals surface area (Å²) < 4.78 is 21.7. The maximum absolute atomic E-state index is 5.45. The molecule has 0 heterocycles. The van der Waals surface area contributed by atoms with Crippen LogP contribution in [0.2, 0.25) is 0 Å². The Morgan fingerprint density at radius 1 is 0.326 bits per heavy atom. The van der Waals surface area contributed by atoms with Gasteiger partial charge in [-0.2, -0.15) is 0 Å². The summed E-state index contributed by atoms with van der Waals surface area (Å²) in [5, 5.41) is 0. The van der Waals surface area contributed by atoms with Crippen LogP contribution in [0.1, 0.15) is 149 Å². The molecule has 0 saturated carbocycles. The van der Waals surface area contributed by atoms with Crippen LogP contribution in [0.3, 0.4) is 0 Å². The van der Waals surface area contributed by atoms with Crippen LogP contribution in [0.4, 0.5) is 0 Å². The fourth-order valence-corrected chi connectivity index (χ4v) is 3.44. The second kappa shape index (κ2) is 40.5. The third-order valence-electron chi connectivity index (χ3n) is 5.92. The number of allylic oxidation sites excluding steroid dienone is 2. The van der Waals surface area contributed by atoms with E-state index in [0.29, 0.717) is 23.7 Å². The molecule has 46 heavy (non-hydrogen) atoms. The molecule has 0 N–H and O–H groups in total. The Bertz CT molecular complexity index is 516. The van der Waals surface area contributed by atoms with Crippen molar-refractivity contribution in [1.29, 1.82) is 0 Å². The van der Waals surface area contributed by atoms with Crippen molar-refractivity contribution in [2.75, 3.05) is 52.9 Å². The fraction of sp³-hybridized carbons (Fsp3) is 0.905. The maximum Gasteiger partial charge on any atom is 0.0647 e. The van der Waals surface area contributed by atoms with Gasteiger partial charge in [-0.05, 0) is 85.9 Å². The Hall–Kier alpha value is -0.680. The molecule has 0 amide bonds. The minimum atomic E-state index is 0.642. The van der Waals surface area contributed by atoms with Gasteiger partial charge < -0.3 is 18.9 Å². The third-order valence-corrected chi connectivity index (χ3v) is 5.92. The highest BCUT2D eigenvalue weighted by molar-refractivity contribution is 4.82. The maximum atomic E-state index is 5.45. The normalized spacial score (nSPS) is 11.8. The van der Waals surface area contributed by atoms with E-state index < -0.39 is 0 Å². The van der Waals surface area contributed by atoms with Crippen LogP contribution >= 0.6 is 0 Å². The zero-order chi connectivity index (χ0) is 36.2. The molecule has 0 unspecified atom stereocenters. The molecule has 0 aliphatic heterocycles. The van der Waals surface area contributed by atoms with E-state index in [-0.39, 0.29) is 0 Å². The van der Waals surface area contributed by atoms with Gasteiger partial charge in [-0.15, -0.1) is 0 Å². The predicted molar refractivity (Wildman–Crippen MR) is 208 cm³/mol. The number of ether oxygens (including phenoxy) is 4. The summed E-state index contributed by atoms with van der Waals surface area (Å²) >= 11 is 0. The van der Waals surface area contributed by atoms with Gasteiger partial charge in [-0.25, -0.2) is 0 Å². The average Bonchev–Trinajstić information content (AvgIpc) is 2.92. The SMILES string of the molecule is CC(C)CC=CCOCC(C)C.CC(C)CC=CCOCC(C)C.CC(C)CCCOCC(C)C.CC(C)CCCOCC(C)C. The fourth-order valence-electron chi connectivity index (χ4n) is 3.44. The Morgan fingerprint density at radius 2 is 0.609 bits per heavy atom. The lowest BCUT2D eigenvalue weighted by atomic mass is 10.1. The third kappa shape index (κ3) is 69.9. The second-order valence-corrected chi connectivity index (χ2v) is 16.1. The molecule has 0 spiro atoms. The number of hydrogen-bond donors (Lipinski definition) is 0. The summed E-state index contributed by atoms with van der Waals surface area (Å²) in [6, 6.07) is 0. The highest BCUT2D eigenvalue weighted by Gasteiger charge is 1.97. The zero-order valence-electron chi connectivity index (χ0n) is 34.5. The van der Waals surface area contributed by atoms with E-state index >= 15 is 0 Å². The van der Waals surface area contributed by atoms with E-state index in [1.165, 1.54) is 25.7 Å². The molecule has 0 rings (SSSR count). The van der Waals surface area contributed by atoms with Crippen molar-refractivity contribution < 1.29 is 18.9 Å². The summed E-state index contributed by atoms with van der Waals surface area (Å²) in [6.07, 6.45) is 15.9. The molecular formula is C42H88O4. The summed E-state index contributed by atoms with van der Waals surface area (Å²) in [4.78, 5) is 0. The summed E-state index contributed by atoms with van der Waals surface area (Å²) in [5.41, 5.74) is 0. The number of hydrogen-bond acceptors (Lipinski definition) is 4. The van der Waals surface area contributed by atoms with Crippen LogP contribution in [0.5, 0.6) is 0 Å². The Balaban J connectivity index is -0.000000256. The first-order valence-corrected chi connectivity index (χ1v) is 19.1.